The molecule has 2 unspecified atom stereocenters. The summed E-state index contributed by atoms with van der Waals surface area (Å²) >= 11 is 0. The maximum absolute atomic E-state index is 13.5. The molecule has 1 saturated carbocycles. The second-order valence-corrected chi connectivity index (χ2v) is 9.67. The van der Waals surface area contributed by atoms with E-state index >= 15 is 0 Å². The highest BCUT2D eigenvalue weighted by molar-refractivity contribution is 5.27. The van der Waals surface area contributed by atoms with Gasteiger partial charge in [-0.25, -0.2) is 4.39 Å². The Kier molecular flexibility index (Phi) is 7.78. The average molecular weight is 417 g/mol. The zero-order valence-corrected chi connectivity index (χ0v) is 19.0. The van der Waals surface area contributed by atoms with E-state index in [1.165, 1.54) is 55.2 Å². The predicted octanol–water partition coefficient (Wildman–Crippen LogP) is 8.59. The van der Waals surface area contributed by atoms with Crippen molar-refractivity contribution in [1.29, 1.82) is 0 Å². The van der Waals surface area contributed by atoms with Crippen molar-refractivity contribution in [3.63, 3.8) is 0 Å². The third-order valence-electron chi connectivity index (χ3n) is 7.65. The topological polar surface area (TPSA) is 0 Å². The van der Waals surface area contributed by atoms with Crippen molar-refractivity contribution < 1.29 is 4.39 Å². The van der Waals surface area contributed by atoms with Crippen molar-refractivity contribution in [1.82, 2.24) is 0 Å². The summed E-state index contributed by atoms with van der Waals surface area (Å²) in [6, 6.07) is 20.3. The Morgan fingerprint density at radius 1 is 0.774 bits per heavy atom. The molecule has 1 fully saturated rings. The van der Waals surface area contributed by atoms with Crippen molar-refractivity contribution in [2.24, 2.45) is 17.8 Å². The highest BCUT2D eigenvalue weighted by Crippen LogP contribution is 2.38. The molecule has 4 rings (SSSR count). The van der Waals surface area contributed by atoms with Crippen LogP contribution in [0.25, 0.3) is 0 Å². The molecule has 2 atom stereocenters. The molecule has 2 aliphatic rings. The van der Waals surface area contributed by atoms with E-state index in [-0.39, 0.29) is 5.83 Å². The van der Waals surface area contributed by atoms with Crippen LogP contribution in [0.3, 0.4) is 0 Å². The molecule has 0 N–H and O–H groups in total. The SMILES string of the molecule is CCC1C=C(F)C=CC1CCc1ccc(C2CCC(CCc3ccccc3)CC2)cc1. The van der Waals surface area contributed by atoms with Gasteiger partial charge in [0.05, 0.1) is 0 Å². The molecule has 2 aliphatic carbocycles. The lowest BCUT2D eigenvalue weighted by Crippen LogP contribution is -2.14. The van der Waals surface area contributed by atoms with Crippen LogP contribution in [0.1, 0.15) is 74.5 Å². The van der Waals surface area contributed by atoms with Crippen LogP contribution in [0.15, 0.2) is 78.7 Å². The fraction of sp³-hybridized carbons (Fsp3) is 0.467. The molecule has 0 bridgehead atoms. The zero-order chi connectivity index (χ0) is 21.5. The van der Waals surface area contributed by atoms with Gasteiger partial charge in [0.1, 0.15) is 5.83 Å². The highest BCUT2D eigenvalue weighted by Gasteiger charge is 2.23. The number of halogens is 1. The molecule has 0 radical (unpaired) electrons. The summed E-state index contributed by atoms with van der Waals surface area (Å²) in [5.74, 6) is 2.38. The Balaban J connectivity index is 1.22. The van der Waals surface area contributed by atoms with Crippen LogP contribution in [-0.4, -0.2) is 0 Å². The van der Waals surface area contributed by atoms with Gasteiger partial charge in [-0.3, -0.25) is 0 Å². The first-order valence-corrected chi connectivity index (χ1v) is 12.4. The van der Waals surface area contributed by atoms with E-state index in [1.807, 2.05) is 6.08 Å². The lowest BCUT2D eigenvalue weighted by atomic mass is 9.76. The number of hydrogen-bond acceptors (Lipinski definition) is 0. The molecule has 31 heavy (non-hydrogen) atoms. The van der Waals surface area contributed by atoms with Crippen LogP contribution >= 0.6 is 0 Å². The predicted molar refractivity (Wildman–Crippen MR) is 130 cm³/mol. The Labute approximate surface area is 188 Å². The fourth-order valence-corrected chi connectivity index (χ4v) is 5.56. The number of benzene rings is 2. The van der Waals surface area contributed by atoms with Gasteiger partial charge in [0.15, 0.2) is 0 Å². The number of hydrogen-bond donors (Lipinski definition) is 0. The minimum Gasteiger partial charge on any atom is -0.207 e. The van der Waals surface area contributed by atoms with E-state index < -0.39 is 0 Å². The van der Waals surface area contributed by atoms with Crippen molar-refractivity contribution in [2.45, 2.75) is 70.6 Å². The quantitative estimate of drug-likeness (QED) is 0.404. The fourth-order valence-electron chi connectivity index (χ4n) is 5.56. The van der Waals surface area contributed by atoms with Crippen LogP contribution < -0.4 is 0 Å². The smallest absolute Gasteiger partial charge is 0.119 e. The summed E-state index contributed by atoms with van der Waals surface area (Å²) in [5, 5.41) is 0. The molecule has 0 saturated heterocycles. The minimum absolute atomic E-state index is 0.0674. The van der Waals surface area contributed by atoms with E-state index in [0.29, 0.717) is 11.8 Å². The lowest BCUT2D eigenvalue weighted by Gasteiger charge is -2.29. The molecule has 0 heterocycles. The summed E-state index contributed by atoms with van der Waals surface area (Å²) in [7, 11) is 0. The normalized spacial score (nSPS) is 25.9. The second kappa shape index (κ2) is 10.9. The van der Waals surface area contributed by atoms with Crippen LogP contribution in [0.5, 0.6) is 0 Å². The van der Waals surface area contributed by atoms with Gasteiger partial charge in [0, 0.05) is 0 Å². The molecule has 0 aliphatic heterocycles. The average Bonchev–Trinajstić information content (AvgIpc) is 2.83. The van der Waals surface area contributed by atoms with E-state index in [4.69, 9.17) is 0 Å². The first-order chi connectivity index (χ1) is 15.2. The van der Waals surface area contributed by atoms with Crippen LogP contribution in [0, 0.1) is 17.8 Å². The third-order valence-corrected chi connectivity index (χ3v) is 7.65. The molecule has 164 valence electrons. The molecule has 0 aromatic heterocycles. The standard InChI is InChI=1S/C30H37F/c1-2-26-22-30(31)21-20-27(26)15-10-25-13-18-29(19-14-25)28-16-11-24(12-17-28)9-8-23-6-4-3-5-7-23/h3-7,13-14,18-22,24,26-28H,2,8-12,15-17H2,1H3. The van der Waals surface area contributed by atoms with Gasteiger partial charge in [0.25, 0.3) is 0 Å². The van der Waals surface area contributed by atoms with E-state index in [2.05, 4.69) is 67.6 Å². The van der Waals surface area contributed by atoms with Gasteiger partial charge in [-0.15, -0.1) is 0 Å². The first kappa shape index (κ1) is 22.1. The van der Waals surface area contributed by atoms with Crippen molar-refractivity contribution in [3.8, 4) is 0 Å². The van der Waals surface area contributed by atoms with Crippen LogP contribution in [-0.2, 0) is 12.8 Å². The molecule has 0 amide bonds. The molecule has 2 aromatic carbocycles. The summed E-state index contributed by atoms with van der Waals surface area (Å²) in [5.41, 5.74) is 4.42. The summed E-state index contributed by atoms with van der Waals surface area (Å²) in [6.45, 7) is 2.16. The Bertz CT molecular complexity index is 853. The second-order valence-electron chi connectivity index (χ2n) is 9.67. The van der Waals surface area contributed by atoms with E-state index in [9.17, 15) is 4.39 Å². The Morgan fingerprint density at radius 3 is 2.16 bits per heavy atom. The number of rotatable bonds is 8. The molecule has 0 nitrogen and oxygen atoms in total. The molecular weight excluding hydrogens is 379 g/mol. The van der Waals surface area contributed by atoms with Crippen molar-refractivity contribution >= 4 is 0 Å². The first-order valence-electron chi connectivity index (χ1n) is 12.4. The monoisotopic (exact) mass is 416 g/mol. The Morgan fingerprint density at radius 2 is 1.45 bits per heavy atom. The van der Waals surface area contributed by atoms with Gasteiger partial charge in [-0.2, -0.15) is 0 Å². The van der Waals surface area contributed by atoms with Gasteiger partial charge in [-0.1, -0.05) is 67.6 Å². The minimum atomic E-state index is -0.0674. The van der Waals surface area contributed by atoms with Gasteiger partial charge in [0.2, 0.25) is 0 Å². The highest BCUT2D eigenvalue weighted by atomic mass is 19.1. The van der Waals surface area contributed by atoms with Crippen LogP contribution in [0.4, 0.5) is 4.39 Å². The maximum Gasteiger partial charge on any atom is 0.119 e. The van der Waals surface area contributed by atoms with Gasteiger partial charge < -0.3 is 0 Å². The molecular formula is C30H37F. The summed E-state index contributed by atoms with van der Waals surface area (Å²) in [6.07, 6.45) is 16.7. The molecule has 2 aromatic rings. The molecule has 1 heteroatoms. The van der Waals surface area contributed by atoms with Gasteiger partial charge in [-0.05, 0) is 110 Å². The number of aryl methyl sites for hydroxylation is 2. The van der Waals surface area contributed by atoms with E-state index in [1.54, 1.807) is 6.08 Å². The molecule has 0 spiro atoms. The van der Waals surface area contributed by atoms with Crippen molar-refractivity contribution in [2.75, 3.05) is 0 Å². The summed E-state index contributed by atoms with van der Waals surface area (Å²) < 4.78 is 13.5. The Hall–Kier alpha value is -2.15. The lowest BCUT2D eigenvalue weighted by molar-refractivity contribution is 0.310. The zero-order valence-electron chi connectivity index (χ0n) is 19.0. The van der Waals surface area contributed by atoms with E-state index in [0.717, 1.165) is 31.1 Å². The number of allylic oxidation sites excluding steroid dienone is 4. The summed E-state index contributed by atoms with van der Waals surface area (Å²) in [4.78, 5) is 0. The maximum atomic E-state index is 13.5. The van der Waals surface area contributed by atoms with Gasteiger partial charge >= 0.3 is 0 Å². The largest absolute Gasteiger partial charge is 0.207 e. The van der Waals surface area contributed by atoms with Crippen LogP contribution in [0.2, 0.25) is 0 Å². The van der Waals surface area contributed by atoms with Crippen molar-refractivity contribution in [3.05, 3.63) is 95.3 Å². The third kappa shape index (κ3) is 6.19.